The Kier molecular flexibility index (Phi) is 11.4. The van der Waals surface area contributed by atoms with Crippen LogP contribution in [0.4, 0.5) is 0 Å². The molecule has 0 aromatic heterocycles. The molecule has 0 bridgehead atoms. The minimum Gasteiger partial charge on any atom is -0.494 e. The predicted molar refractivity (Wildman–Crippen MR) is 95.4 cm³/mol. The van der Waals surface area contributed by atoms with Gasteiger partial charge < -0.3 is 10.1 Å². The summed E-state index contributed by atoms with van der Waals surface area (Å²) >= 11 is 1.95. The molecule has 21 heavy (non-hydrogen) atoms. The summed E-state index contributed by atoms with van der Waals surface area (Å²) in [5.74, 6) is 2.29. The Morgan fingerprint density at radius 3 is 2.48 bits per heavy atom. The summed E-state index contributed by atoms with van der Waals surface area (Å²) in [6.45, 7) is 5.08. The zero-order chi connectivity index (χ0) is 15.2. The van der Waals surface area contributed by atoms with Gasteiger partial charge in [-0.05, 0) is 55.5 Å². The van der Waals surface area contributed by atoms with E-state index in [-0.39, 0.29) is 0 Å². The number of unbranched alkanes of at least 4 members (excludes halogenated alkanes) is 4. The molecule has 120 valence electrons. The maximum Gasteiger partial charge on any atom is 0.119 e. The molecule has 0 saturated heterocycles. The first-order chi connectivity index (χ1) is 10.4. The fraction of sp³-hybridized carbons (Fsp3) is 0.667. The molecule has 0 amide bonds. The van der Waals surface area contributed by atoms with Crippen molar-refractivity contribution in [1.82, 2.24) is 5.32 Å². The number of nitrogens with one attached hydrogen (secondary N) is 1. The molecule has 0 radical (unpaired) electrons. The molecule has 0 aliphatic carbocycles. The lowest BCUT2D eigenvalue weighted by Gasteiger charge is -2.08. The Bertz CT molecular complexity index is 340. The summed E-state index contributed by atoms with van der Waals surface area (Å²) < 4.78 is 5.67. The summed E-state index contributed by atoms with van der Waals surface area (Å²) in [5, 5.41) is 3.52. The molecule has 3 heteroatoms. The van der Waals surface area contributed by atoms with Crippen molar-refractivity contribution in [2.45, 2.75) is 52.0 Å². The summed E-state index contributed by atoms with van der Waals surface area (Å²) in [5.41, 5.74) is 1.33. The van der Waals surface area contributed by atoms with Gasteiger partial charge in [-0.3, -0.25) is 0 Å². The maximum absolute atomic E-state index is 5.67. The van der Waals surface area contributed by atoms with Crippen LogP contribution in [-0.4, -0.2) is 25.2 Å². The van der Waals surface area contributed by atoms with Crippen LogP contribution in [0.5, 0.6) is 5.75 Å². The lowest BCUT2D eigenvalue weighted by molar-refractivity contribution is 0.309. The van der Waals surface area contributed by atoms with Gasteiger partial charge in [-0.2, -0.15) is 11.8 Å². The van der Waals surface area contributed by atoms with Crippen molar-refractivity contribution < 1.29 is 4.74 Å². The van der Waals surface area contributed by atoms with Crippen molar-refractivity contribution in [1.29, 1.82) is 0 Å². The van der Waals surface area contributed by atoms with Gasteiger partial charge in [0, 0.05) is 6.54 Å². The smallest absolute Gasteiger partial charge is 0.119 e. The molecule has 1 aromatic rings. The molecular formula is C18H31NOS. The second kappa shape index (κ2) is 13.0. The number of benzene rings is 1. The molecule has 0 aliphatic heterocycles. The van der Waals surface area contributed by atoms with Gasteiger partial charge in [0.05, 0.1) is 6.61 Å². The molecule has 0 aliphatic rings. The van der Waals surface area contributed by atoms with E-state index in [1.807, 2.05) is 11.8 Å². The second-order valence-corrected chi connectivity index (χ2v) is 6.42. The average Bonchev–Trinajstić information content (AvgIpc) is 2.52. The van der Waals surface area contributed by atoms with E-state index in [0.29, 0.717) is 0 Å². The SMILES string of the molecule is CCCCOc1ccc(CNCCCCCCSC)cc1. The number of rotatable bonds is 13. The third-order valence-corrected chi connectivity index (χ3v) is 4.17. The Labute approximate surface area is 135 Å². The molecule has 1 N–H and O–H groups in total. The van der Waals surface area contributed by atoms with E-state index in [1.54, 1.807) is 0 Å². The van der Waals surface area contributed by atoms with Gasteiger partial charge in [0.1, 0.15) is 5.75 Å². The highest BCUT2D eigenvalue weighted by atomic mass is 32.2. The number of hydrogen-bond acceptors (Lipinski definition) is 3. The van der Waals surface area contributed by atoms with Gasteiger partial charge >= 0.3 is 0 Å². The van der Waals surface area contributed by atoms with Gasteiger partial charge in [-0.25, -0.2) is 0 Å². The molecule has 0 spiro atoms. The van der Waals surface area contributed by atoms with E-state index in [1.165, 1.54) is 43.4 Å². The molecule has 1 aromatic carbocycles. The Morgan fingerprint density at radius 2 is 1.76 bits per heavy atom. The van der Waals surface area contributed by atoms with Crippen LogP contribution < -0.4 is 10.1 Å². The number of thioether (sulfide) groups is 1. The topological polar surface area (TPSA) is 21.3 Å². The summed E-state index contributed by atoms with van der Waals surface area (Å²) in [7, 11) is 0. The number of hydrogen-bond donors (Lipinski definition) is 1. The fourth-order valence-electron chi connectivity index (χ4n) is 2.12. The lowest BCUT2D eigenvalue weighted by Crippen LogP contribution is -2.14. The standard InChI is InChI=1S/C18H31NOS/c1-3-4-14-20-18-11-9-17(10-12-18)16-19-13-7-5-6-8-15-21-2/h9-12,19H,3-8,13-16H2,1-2H3. The lowest BCUT2D eigenvalue weighted by atomic mass is 10.2. The monoisotopic (exact) mass is 309 g/mol. The summed E-state index contributed by atoms with van der Waals surface area (Å²) in [6.07, 6.45) is 9.85. The highest BCUT2D eigenvalue weighted by Gasteiger charge is 1.96. The van der Waals surface area contributed by atoms with Crippen LogP contribution in [0.3, 0.4) is 0 Å². The third kappa shape index (κ3) is 9.81. The van der Waals surface area contributed by atoms with Crippen LogP contribution >= 0.6 is 11.8 Å². The van der Waals surface area contributed by atoms with Gasteiger partial charge in [-0.1, -0.05) is 38.3 Å². The van der Waals surface area contributed by atoms with Crippen molar-refractivity contribution in [2.75, 3.05) is 25.2 Å². The first kappa shape index (κ1) is 18.4. The molecule has 0 saturated carbocycles. The first-order valence-electron chi connectivity index (χ1n) is 8.28. The molecule has 0 atom stereocenters. The van der Waals surface area contributed by atoms with Crippen LogP contribution in [0.25, 0.3) is 0 Å². The van der Waals surface area contributed by atoms with E-state index in [2.05, 4.69) is 42.8 Å². The second-order valence-electron chi connectivity index (χ2n) is 5.43. The van der Waals surface area contributed by atoms with Gasteiger partial charge in [0.15, 0.2) is 0 Å². The van der Waals surface area contributed by atoms with E-state index in [9.17, 15) is 0 Å². The molecule has 1 rings (SSSR count). The highest BCUT2D eigenvalue weighted by molar-refractivity contribution is 7.98. The first-order valence-corrected chi connectivity index (χ1v) is 9.67. The predicted octanol–water partition coefficient (Wildman–Crippen LogP) is 4.88. The van der Waals surface area contributed by atoms with Crippen LogP contribution in [0.15, 0.2) is 24.3 Å². The minimum atomic E-state index is 0.824. The quantitative estimate of drug-likeness (QED) is 0.525. The third-order valence-electron chi connectivity index (χ3n) is 3.47. The maximum atomic E-state index is 5.67. The van der Waals surface area contributed by atoms with E-state index in [4.69, 9.17) is 4.74 Å². The van der Waals surface area contributed by atoms with Gasteiger partial charge in [-0.15, -0.1) is 0 Å². The van der Waals surface area contributed by atoms with Crippen molar-refractivity contribution in [3.8, 4) is 5.75 Å². The Morgan fingerprint density at radius 1 is 1.00 bits per heavy atom. The molecule has 0 heterocycles. The van der Waals surface area contributed by atoms with Crippen LogP contribution in [0.1, 0.15) is 51.0 Å². The van der Waals surface area contributed by atoms with E-state index >= 15 is 0 Å². The molecule has 2 nitrogen and oxygen atoms in total. The van der Waals surface area contributed by atoms with Crippen molar-refractivity contribution in [2.24, 2.45) is 0 Å². The molecular weight excluding hydrogens is 278 g/mol. The zero-order valence-corrected chi connectivity index (χ0v) is 14.5. The van der Waals surface area contributed by atoms with Gasteiger partial charge in [0.25, 0.3) is 0 Å². The van der Waals surface area contributed by atoms with Crippen LogP contribution in [0.2, 0.25) is 0 Å². The van der Waals surface area contributed by atoms with Crippen molar-refractivity contribution in [3.05, 3.63) is 29.8 Å². The Balaban J connectivity index is 2.04. The van der Waals surface area contributed by atoms with Crippen molar-refractivity contribution in [3.63, 3.8) is 0 Å². The highest BCUT2D eigenvalue weighted by Crippen LogP contribution is 2.12. The van der Waals surface area contributed by atoms with E-state index in [0.717, 1.165) is 31.9 Å². The van der Waals surface area contributed by atoms with Gasteiger partial charge in [0.2, 0.25) is 0 Å². The van der Waals surface area contributed by atoms with E-state index < -0.39 is 0 Å². The minimum absolute atomic E-state index is 0.824. The van der Waals surface area contributed by atoms with Crippen LogP contribution in [-0.2, 0) is 6.54 Å². The molecule has 0 fully saturated rings. The largest absolute Gasteiger partial charge is 0.494 e. The normalized spacial score (nSPS) is 10.8. The average molecular weight is 310 g/mol. The zero-order valence-electron chi connectivity index (χ0n) is 13.7. The van der Waals surface area contributed by atoms with Crippen LogP contribution in [0, 0.1) is 0 Å². The number of ether oxygens (including phenoxy) is 1. The summed E-state index contributed by atoms with van der Waals surface area (Å²) in [6, 6.07) is 8.48. The Hall–Kier alpha value is -0.670. The fourth-order valence-corrected chi connectivity index (χ4v) is 2.61. The molecule has 0 unspecified atom stereocenters. The van der Waals surface area contributed by atoms with Crippen molar-refractivity contribution >= 4 is 11.8 Å². The summed E-state index contributed by atoms with van der Waals surface area (Å²) in [4.78, 5) is 0.